The van der Waals surface area contributed by atoms with Crippen molar-refractivity contribution in [3.05, 3.63) is 42.1 Å². The van der Waals surface area contributed by atoms with Gasteiger partial charge in [-0.05, 0) is 30.9 Å². The van der Waals surface area contributed by atoms with Crippen LogP contribution in [0.15, 0.2) is 35.3 Å². The Morgan fingerprint density at radius 3 is 2.58 bits per heavy atom. The number of rotatable bonds is 6. The summed E-state index contributed by atoms with van der Waals surface area (Å²) in [4.78, 5) is 23.3. The molecular weight excluding hydrogens is 417 g/mol. The third-order valence-electron chi connectivity index (χ3n) is 5.13. The molecule has 170 valence electrons. The molecule has 1 aliphatic heterocycles. The van der Waals surface area contributed by atoms with Gasteiger partial charge in [0.15, 0.2) is 0 Å². The van der Waals surface area contributed by atoms with Crippen LogP contribution in [-0.4, -0.2) is 50.9 Å². The first-order valence-corrected chi connectivity index (χ1v) is 10.0. The summed E-state index contributed by atoms with van der Waals surface area (Å²) in [5.74, 6) is -1.56. The van der Waals surface area contributed by atoms with Crippen molar-refractivity contribution in [2.45, 2.75) is 45.1 Å². The molecule has 0 radical (unpaired) electrons. The van der Waals surface area contributed by atoms with Crippen molar-refractivity contribution in [3.63, 3.8) is 0 Å². The number of nitrogens with one attached hydrogen (secondary N) is 1. The van der Waals surface area contributed by atoms with Gasteiger partial charge in [-0.3, -0.25) is 14.4 Å². The minimum atomic E-state index is -5.08. The fourth-order valence-electron chi connectivity index (χ4n) is 3.42. The summed E-state index contributed by atoms with van der Waals surface area (Å²) in [5, 5.41) is 14.7. The van der Waals surface area contributed by atoms with Crippen molar-refractivity contribution in [2.75, 3.05) is 13.1 Å². The maximum Gasteiger partial charge on any atom is 0.490 e. The van der Waals surface area contributed by atoms with Crippen molar-refractivity contribution < 1.29 is 32.3 Å². The van der Waals surface area contributed by atoms with Gasteiger partial charge in [0.1, 0.15) is 0 Å². The highest BCUT2D eigenvalue weighted by Gasteiger charge is 2.38. The summed E-state index contributed by atoms with van der Waals surface area (Å²) in [5.41, 5.74) is 2.41. The van der Waals surface area contributed by atoms with E-state index >= 15 is 0 Å². The summed E-state index contributed by atoms with van der Waals surface area (Å²) in [6, 6.07) is 4.09. The van der Waals surface area contributed by atoms with Crippen LogP contribution in [0.1, 0.15) is 30.5 Å². The highest BCUT2D eigenvalue weighted by molar-refractivity contribution is 5.76. The average molecular weight is 442 g/mol. The van der Waals surface area contributed by atoms with Crippen LogP contribution in [0, 0.1) is 11.8 Å². The lowest BCUT2D eigenvalue weighted by molar-refractivity contribution is -0.192. The maximum atomic E-state index is 12.0. The predicted octanol–water partition coefficient (Wildman–Crippen LogP) is 2.66. The van der Waals surface area contributed by atoms with Crippen molar-refractivity contribution in [2.24, 2.45) is 11.8 Å². The summed E-state index contributed by atoms with van der Waals surface area (Å²) in [7, 11) is 0. The second-order valence-corrected chi connectivity index (χ2v) is 7.93. The van der Waals surface area contributed by atoms with Crippen molar-refractivity contribution in [1.82, 2.24) is 20.0 Å². The first kappa shape index (κ1) is 22.9. The molecule has 31 heavy (non-hydrogen) atoms. The Kier molecular flexibility index (Phi) is 7.37. The minimum absolute atomic E-state index is 0.198. The smallest absolute Gasteiger partial charge is 0.475 e. The third kappa shape index (κ3) is 7.42. The minimum Gasteiger partial charge on any atom is -0.475 e. The van der Waals surface area contributed by atoms with E-state index in [1.807, 2.05) is 12.3 Å². The number of amides is 1. The highest BCUT2D eigenvalue weighted by atomic mass is 19.4. The zero-order chi connectivity index (χ0) is 22.4. The molecule has 1 unspecified atom stereocenters. The molecule has 4 rings (SSSR count). The van der Waals surface area contributed by atoms with E-state index in [1.165, 1.54) is 24.1 Å². The number of fused-ring (bicyclic) bond motifs is 1. The van der Waals surface area contributed by atoms with Crippen LogP contribution in [0.5, 0.6) is 0 Å². The number of nitrogens with zero attached hydrogens (tertiary/aromatic N) is 3. The second kappa shape index (κ2) is 9.99. The van der Waals surface area contributed by atoms with Crippen LogP contribution < -0.4 is 5.32 Å². The van der Waals surface area contributed by atoms with E-state index in [1.54, 1.807) is 12.5 Å². The number of halogens is 3. The van der Waals surface area contributed by atoms with E-state index < -0.39 is 12.1 Å². The number of carbonyl (C=O) groups excluding carboxylic acids is 1. The molecule has 3 heterocycles. The molecule has 2 aliphatic rings. The molecule has 0 spiro atoms. The Morgan fingerprint density at radius 1 is 1.23 bits per heavy atom. The first-order chi connectivity index (χ1) is 14.7. The van der Waals surface area contributed by atoms with E-state index in [9.17, 15) is 18.0 Å². The SMILES string of the molecule is O=C(CC1CC1)NCC1CN(Cc2ccoc2)Cc2ccnn2C1.O=C(O)C(F)(F)F. The molecule has 1 atom stereocenters. The highest BCUT2D eigenvalue weighted by Crippen LogP contribution is 2.32. The first-order valence-electron chi connectivity index (χ1n) is 10.0. The monoisotopic (exact) mass is 442 g/mol. The second-order valence-electron chi connectivity index (χ2n) is 7.93. The molecule has 1 saturated carbocycles. The summed E-state index contributed by atoms with van der Waals surface area (Å²) in [6.45, 7) is 4.24. The third-order valence-corrected chi connectivity index (χ3v) is 5.13. The van der Waals surface area contributed by atoms with Gasteiger partial charge in [0.05, 0.1) is 18.2 Å². The Labute approximate surface area is 177 Å². The number of hydrogen-bond acceptors (Lipinski definition) is 5. The van der Waals surface area contributed by atoms with Gasteiger partial charge in [-0.15, -0.1) is 0 Å². The van der Waals surface area contributed by atoms with Crippen molar-refractivity contribution >= 4 is 11.9 Å². The van der Waals surface area contributed by atoms with Gasteiger partial charge in [0.2, 0.25) is 5.91 Å². The fourth-order valence-corrected chi connectivity index (χ4v) is 3.42. The molecule has 2 aromatic rings. The fraction of sp³-hybridized carbons (Fsp3) is 0.550. The number of furan rings is 1. The van der Waals surface area contributed by atoms with E-state index in [4.69, 9.17) is 14.3 Å². The molecule has 1 aliphatic carbocycles. The average Bonchev–Trinajstić information content (AvgIpc) is 3.21. The number of aliphatic carboxylic acids is 1. The molecular formula is C20H25F3N4O4. The Bertz CT molecular complexity index is 862. The molecule has 0 bridgehead atoms. The number of alkyl halides is 3. The van der Waals surface area contributed by atoms with E-state index in [0.29, 0.717) is 24.8 Å². The van der Waals surface area contributed by atoms with Crippen LogP contribution in [0.3, 0.4) is 0 Å². The summed E-state index contributed by atoms with van der Waals surface area (Å²) >= 11 is 0. The molecule has 0 aromatic carbocycles. The number of carbonyl (C=O) groups is 2. The van der Waals surface area contributed by atoms with Crippen molar-refractivity contribution in [1.29, 1.82) is 0 Å². The molecule has 1 fully saturated rings. The van der Waals surface area contributed by atoms with E-state index in [0.717, 1.165) is 26.2 Å². The quantitative estimate of drug-likeness (QED) is 0.714. The number of carboxylic acid groups (broad SMARTS) is 1. The van der Waals surface area contributed by atoms with Gasteiger partial charge in [-0.25, -0.2) is 4.79 Å². The zero-order valence-corrected chi connectivity index (χ0v) is 16.8. The zero-order valence-electron chi connectivity index (χ0n) is 16.8. The van der Waals surface area contributed by atoms with E-state index in [-0.39, 0.29) is 5.91 Å². The number of aromatic nitrogens is 2. The van der Waals surface area contributed by atoms with Crippen LogP contribution >= 0.6 is 0 Å². The number of hydrogen-bond donors (Lipinski definition) is 2. The largest absolute Gasteiger partial charge is 0.490 e. The Morgan fingerprint density at radius 2 is 1.97 bits per heavy atom. The molecule has 2 N–H and O–H groups in total. The lowest BCUT2D eigenvalue weighted by Gasteiger charge is -2.23. The van der Waals surface area contributed by atoms with Gasteiger partial charge in [0.25, 0.3) is 0 Å². The molecule has 0 saturated heterocycles. The predicted molar refractivity (Wildman–Crippen MR) is 103 cm³/mol. The van der Waals surface area contributed by atoms with Crippen LogP contribution in [0.4, 0.5) is 13.2 Å². The summed E-state index contributed by atoms with van der Waals surface area (Å²) < 4.78 is 39.0. The van der Waals surface area contributed by atoms with Gasteiger partial charge in [-0.2, -0.15) is 18.3 Å². The Hall–Kier alpha value is -2.82. The van der Waals surface area contributed by atoms with Gasteiger partial charge in [0, 0.05) is 56.8 Å². The van der Waals surface area contributed by atoms with Gasteiger partial charge >= 0.3 is 12.1 Å². The standard InChI is InChI=1S/C18H24N4O2.C2HF3O2/c23-18(7-14-1-2-14)19-8-16-10-21(9-15-4-6-24-13-15)12-17-3-5-20-22(17)11-16;3-2(4,5)1(6)7/h3-6,13-14,16H,1-2,7-12H2,(H,19,23);(H,6,7). The number of carboxylic acids is 1. The van der Waals surface area contributed by atoms with Gasteiger partial charge < -0.3 is 14.8 Å². The van der Waals surface area contributed by atoms with Gasteiger partial charge in [-0.1, -0.05) is 0 Å². The Balaban J connectivity index is 0.000000339. The lowest BCUT2D eigenvalue weighted by atomic mass is 10.1. The lowest BCUT2D eigenvalue weighted by Crippen LogP contribution is -2.36. The molecule has 1 amide bonds. The maximum absolute atomic E-state index is 12.0. The van der Waals surface area contributed by atoms with Crippen LogP contribution in [0.2, 0.25) is 0 Å². The topological polar surface area (TPSA) is 101 Å². The molecule has 11 heteroatoms. The van der Waals surface area contributed by atoms with E-state index in [2.05, 4.69) is 26.1 Å². The summed E-state index contributed by atoms with van der Waals surface area (Å²) in [6.07, 6.45) is 3.41. The molecule has 8 nitrogen and oxygen atoms in total. The van der Waals surface area contributed by atoms with Crippen LogP contribution in [0.25, 0.3) is 0 Å². The van der Waals surface area contributed by atoms with Crippen LogP contribution in [-0.2, 0) is 29.2 Å². The van der Waals surface area contributed by atoms with Crippen molar-refractivity contribution in [3.8, 4) is 0 Å². The molecule has 2 aromatic heterocycles. The normalized spacial score (nSPS) is 19.0.